The molecular weight excluding hydrogens is 396 g/mol. The largest absolute Gasteiger partial charge is 0.449 e. The molecule has 2 N–H and O–H groups in total. The van der Waals surface area contributed by atoms with Gasteiger partial charge in [0, 0.05) is 17.3 Å². The lowest BCUT2D eigenvalue weighted by Crippen LogP contribution is -2.24. The van der Waals surface area contributed by atoms with E-state index in [0.717, 1.165) is 11.1 Å². The molecule has 160 valence electrons. The molecule has 0 aliphatic rings. The summed E-state index contributed by atoms with van der Waals surface area (Å²) >= 11 is 0. The summed E-state index contributed by atoms with van der Waals surface area (Å²) in [5.41, 5.74) is 3.50. The minimum Gasteiger partial charge on any atom is -0.449 e. The minimum atomic E-state index is -0.653. The Bertz CT molecular complexity index is 955. The second-order valence-electron chi connectivity index (χ2n) is 7.00. The summed E-state index contributed by atoms with van der Waals surface area (Å²) in [4.78, 5) is 24.0. The van der Waals surface area contributed by atoms with Crippen molar-refractivity contribution in [3.8, 4) is 12.1 Å². The van der Waals surface area contributed by atoms with Gasteiger partial charge in [-0.2, -0.15) is 10.5 Å². The molecule has 2 rings (SSSR count). The highest BCUT2D eigenvalue weighted by molar-refractivity contribution is 5.85. The smallest absolute Gasteiger partial charge is 0.411 e. The Labute approximate surface area is 181 Å². The van der Waals surface area contributed by atoms with Gasteiger partial charge in [-0.05, 0) is 55.7 Å². The average Bonchev–Trinajstić information content (AvgIpc) is 2.76. The Hall–Kier alpha value is -4.04. The summed E-state index contributed by atoms with van der Waals surface area (Å²) in [6.45, 7) is 5.64. The Morgan fingerprint density at radius 2 is 1.29 bits per heavy atom. The highest BCUT2D eigenvalue weighted by Crippen LogP contribution is 2.16. The zero-order chi connectivity index (χ0) is 22.8. The van der Waals surface area contributed by atoms with E-state index in [1.807, 2.05) is 20.8 Å². The van der Waals surface area contributed by atoms with Crippen molar-refractivity contribution in [1.82, 2.24) is 0 Å². The lowest BCUT2D eigenvalue weighted by molar-refractivity contribution is 0.0963. The number of nitriles is 2. The number of nitrogens with one attached hydrogen (secondary N) is 2. The number of aryl methyl sites for hydroxylation is 2. The molecule has 8 heteroatoms. The number of anilines is 2. The van der Waals surface area contributed by atoms with Crippen LogP contribution in [0.15, 0.2) is 36.4 Å². The summed E-state index contributed by atoms with van der Waals surface area (Å²) in [7, 11) is 0. The van der Waals surface area contributed by atoms with Crippen LogP contribution in [0.5, 0.6) is 0 Å². The maximum Gasteiger partial charge on any atom is 0.411 e. The van der Waals surface area contributed by atoms with E-state index < -0.39 is 12.2 Å². The van der Waals surface area contributed by atoms with Gasteiger partial charge >= 0.3 is 12.2 Å². The van der Waals surface area contributed by atoms with Gasteiger partial charge in [0.25, 0.3) is 0 Å². The van der Waals surface area contributed by atoms with Crippen LogP contribution in [0, 0.1) is 42.4 Å². The molecule has 0 radical (unpaired) electrons. The first-order valence-electron chi connectivity index (χ1n) is 9.75. The van der Waals surface area contributed by atoms with Gasteiger partial charge in [-0.25, -0.2) is 9.59 Å². The first kappa shape index (κ1) is 23.2. The molecule has 0 atom stereocenters. The van der Waals surface area contributed by atoms with Crippen LogP contribution in [0.2, 0.25) is 0 Å². The summed E-state index contributed by atoms with van der Waals surface area (Å²) < 4.78 is 10.4. The second kappa shape index (κ2) is 11.2. The van der Waals surface area contributed by atoms with Crippen LogP contribution in [-0.4, -0.2) is 25.4 Å². The van der Waals surface area contributed by atoms with Crippen LogP contribution >= 0.6 is 0 Å². The molecule has 0 fully saturated rings. The van der Waals surface area contributed by atoms with Crippen molar-refractivity contribution in [3.63, 3.8) is 0 Å². The number of amides is 2. The first-order valence-corrected chi connectivity index (χ1v) is 9.75. The maximum atomic E-state index is 12.0. The standard InChI is InChI=1S/C23H24N4O4/c1-4-17(13-30-22(28)26-20-7-5-15(2)18(9-20)11-24)14-31-23(29)27-21-8-6-16(3)19(10-21)12-25/h5-10,17H,4,13-14H2,1-3H3,(H,26,28)(H,27,29). The molecule has 0 saturated heterocycles. The molecular formula is C23H24N4O4. The van der Waals surface area contributed by atoms with Crippen LogP contribution < -0.4 is 10.6 Å². The quantitative estimate of drug-likeness (QED) is 0.658. The molecule has 2 aromatic carbocycles. The van der Waals surface area contributed by atoms with Crippen molar-refractivity contribution >= 4 is 23.6 Å². The molecule has 0 saturated carbocycles. The van der Waals surface area contributed by atoms with Crippen molar-refractivity contribution in [2.45, 2.75) is 27.2 Å². The average molecular weight is 420 g/mol. The predicted octanol–water partition coefficient (Wildman–Crippen LogP) is 4.87. The zero-order valence-corrected chi connectivity index (χ0v) is 17.7. The number of hydrogen-bond acceptors (Lipinski definition) is 6. The Balaban J connectivity index is 1.80. The van der Waals surface area contributed by atoms with Gasteiger partial charge in [0.05, 0.1) is 36.5 Å². The molecule has 0 heterocycles. The van der Waals surface area contributed by atoms with E-state index in [9.17, 15) is 9.59 Å². The highest BCUT2D eigenvalue weighted by atomic mass is 16.6. The number of rotatable bonds is 7. The second-order valence-corrected chi connectivity index (χ2v) is 7.00. The molecule has 0 bridgehead atoms. The van der Waals surface area contributed by atoms with E-state index in [4.69, 9.17) is 20.0 Å². The number of benzene rings is 2. The fraction of sp³-hybridized carbons (Fsp3) is 0.304. The van der Waals surface area contributed by atoms with Crippen LogP contribution in [-0.2, 0) is 9.47 Å². The third kappa shape index (κ3) is 7.06. The fourth-order valence-electron chi connectivity index (χ4n) is 2.62. The summed E-state index contributed by atoms with van der Waals surface area (Å²) in [6, 6.07) is 14.1. The lowest BCUT2D eigenvalue weighted by Gasteiger charge is -2.16. The van der Waals surface area contributed by atoms with Gasteiger partial charge in [0.1, 0.15) is 0 Å². The summed E-state index contributed by atoms with van der Waals surface area (Å²) in [6.07, 6.45) is -0.675. The van der Waals surface area contributed by atoms with Crippen molar-refractivity contribution in [2.75, 3.05) is 23.8 Å². The number of ether oxygens (including phenoxy) is 2. The molecule has 0 unspecified atom stereocenters. The molecule has 2 aromatic rings. The normalized spacial score (nSPS) is 10.0. The predicted molar refractivity (Wildman–Crippen MR) is 116 cm³/mol. The minimum absolute atomic E-state index is 0.0652. The third-order valence-corrected chi connectivity index (χ3v) is 4.69. The monoisotopic (exact) mass is 420 g/mol. The van der Waals surface area contributed by atoms with Crippen LogP contribution in [0.4, 0.5) is 21.0 Å². The number of carbonyl (C=O) groups excluding carboxylic acids is 2. The van der Waals surface area contributed by atoms with E-state index in [2.05, 4.69) is 22.8 Å². The highest BCUT2D eigenvalue weighted by Gasteiger charge is 2.14. The molecule has 2 amide bonds. The maximum absolute atomic E-state index is 12.0. The van der Waals surface area contributed by atoms with Gasteiger partial charge in [-0.15, -0.1) is 0 Å². The van der Waals surface area contributed by atoms with Gasteiger partial charge in [-0.3, -0.25) is 10.6 Å². The summed E-state index contributed by atoms with van der Waals surface area (Å²) in [5, 5.41) is 23.3. The Morgan fingerprint density at radius 1 is 0.871 bits per heavy atom. The number of hydrogen-bond donors (Lipinski definition) is 2. The van der Waals surface area contributed by atoms with E-state index >= 15 is 0 Å². The third-order valence-electron chi connectivity index (χ3n) is 4.69. The van der Waals surface area contributed by atoms with E-state index in [0.29, 0.717) is 28.9 Å². The lowest BCUT2D eigenvalue weighted by atomic mass is 10.1. The van der Waals surface area contributed by atoms with Crippen LogP contribution in [0.25, 0.3) is 0 Å². The van der Waals surface area contributed by atoms with Crippen LogP contribution in [0.3, 0.4) is 0 Å². The SMILES string of the molecule is CCC(COC(=O)Nc1ccc(C)c(C#N)c1)COC(=O)Nc1ccc(C)c(C#N)c1. The summed E-state index contributed by atoms with van der Waals surface area (Å²) in [5.74, 6) is -0.183. The van der Waals surface area contributed by atoms with Crippen molar-refractivity contribution in [3.05, 3.63) is 58.7 Å². The van der Waals surface area contributed by atoms with Gasteiger partial charge in [0.2, 0.25) is 0 Å². The van der Waals surface area contributed by atoms with Crippen molar-refractivity contribution in [1.29, 1.82) is 10.5 Å². The molecule has 0 aliphatic heterocycles. The van der Waals surface area contributed by atoms with E-state index in [-0.39, 0.29) is 19.1 Å². The first-order chi connectivity index (χ1) is 14.9. The number of carbonyl (C=O) groups is 2. The van der Waals surface area contributed by atoms with E-state index in [1.54, 1.807) is 36.4 Å². The van der Waals surface area contributed by atoms with Crippen molar-refractivity contribution < 1.29 is 19.1 Å². The Kier molecular flexibility index (Phi) is 8.41. The Morgan fingerprint density at radius 3 is 1.65 bits per heavy atom. The molecule has 31 heavy (non-hydrogen) atoms. The number of nitrogens with zero attached hydrogens (tertiary/aromatic N) is 2. The molecule has 0 aromatic heterocycles. The molecule has 8 nitrogen and oxygen atoms in total. The van der Waals surface area contributed by atoms with Crippen LogP contribution in [0.1, 0.15) is 35.6 Å². The van der Waals surface area contributed by atoms with Crippen molar-refractivity contribution in [2.24, 2.45) is 5.92 Å². The van der Waals surface area contributed by atoms with E-state index in [1.165, 1.54) is 0 Å². The topological polar surface area (TPSA) is 124 Å². The molecule has 0 spiro atoms. The van der Waals surface area contributed by atoms with Gasteiger partial charge < -0.3 is 9.47 Å². The zero-order valence-electron chi connectivity index (χ0n) is 17.7. The fourth-order valence-corrected chi connectivity index (χ4v) is 2.62. The van der Waals surface area contributed by atoms with Gasteiger partial charge in [-0.1, -0.05) is 19.1 Å². The van der Waals surface area contributed by atoms with Gasteiger partial charge in [0.15, 0.2) is 0 Å². The molecule has 0 aliphatic carbocycles.